The minimum absolute atomic E-state index is 0.0855. The quantitative estimate of drug-likeness (QED) is 0.619. The first-order valence-electron chi connectivity index (χ1n) is 10.8. The van der Waals surface area contributed by atoms with Crippen molar-refractivity contribution in [2.75, 3.05) is 30.7 Å². The minimum Gasteiger partial charge on any atom is -0.379 e. The molecule has 8 nitrogen and oxygen atoms in total. The zero-order valence-corrected chi connectivity index (χ0v) is 18.7. The number of rotatable bonds is 5. The Hall–Kier alpha value is -2.20. The number of carbonyl (C=O) groups excluding carboxylic acids is 1. The van der Waals surface area contributed by atoms with Crippen molar-refractivity contribution in [1.29, 1.82) is 5.26 Å². The summed E-state index contributed by atoms with van der Waals surface area (Å²) in [5.41, 5.74) is -2.40. The molecule has 1 aromatic carbocycles. The zero-order valence-electron chi connectivity index (χ0n) is 17.9. The number of nitriles is 1. The summed E-state index contributed by atoms with van der Waals surface area (Å²) in [7, 11) is 0. The molecule has 1 amide bonds. The van der Waals surface area contributed by atoms with Gasteiger partial charge in [-0.2, -0.15) is 22.8 Å². The van der Waals surface area contributed by atoms with Crippen molar-refractivity contribution in [3.05, 3.63) is 29.3 Å². The molecule has 33 heavy (non-hydrogen) atoms. The highest BCUT2D eigenvalue weighted by Crippen LogP contribution is 2.52. The topological polar surface area (TPSA) is 106 Å². The summed E-state index contributed by atoms with van der Waals surface area (Å²) in [6.07, 6.45) is -1.10. The average Bonchev–Trinajstić information content (AvgIpc) is 2.80. The number of hydrogen-bond acceptors (Lipinski definition) is 5. The first-order valence-corrected chi connectivity index (χ1v) is 11.8. The molecule has 1 heterocycles. The van der Waals surface area contributed by atoms with Gasteiger partial charge < -0.3 is 10.1 Å². The molecule has 2 bridgehead atoms. The first-order chi connectivity index (χ1) is 15.6. The molecule has 3 aliphatic carbocycles. The molecule has 4 aliphatic rings. The molecule has 12 heteroatoms. The van der Waals surface area contributed by atoms with Crippen LogP contribution in [-0.2, 0) is 22.2 Å². The van der Waals surface area contributed by atoms with E-state index in [1.807, 2.05) is 0 Å². The van der Waals surface area contributed by atoms with Gasteiger partial charge in [0.1, 0.15) is 0 Å². The van der Waals surface area contributed by atoms with Crippen LogP contribution >= 0.6 is 0 Å². The van der Waals surface area contributed by atoms with Gasteiger partial charge in [-0.05, 0) is 56.7 Å². The normalized spacial score (nSPS) is 28.7. The Kier molecular flexibility index (Phi) is 6.43. The predicted octanol–water partition coefficient (Wildman–Crippen LogP) is 3.24. The molecule has 0 aromatic heterocycles. The van der Waals surface area contributed by atoms with Crippen molar-refractivity contribution in [2.24, 2.45) is 5.41 Å². The summed E-state index contributed by atoms with van der Waals surface area (Å²) >= 11 is -2.62. The molecule has 3 saturated carbocycles. The summed E-state index contributed by atoms with van der Waals surface area (Å²) < 4.78 is 68.7. The number of nitrogens with one attached hydrogen (secondary N) is 1. The maximum atomic E-state index is 13.5. The largest absolute Gasteiger partial charge is 0.416 e. The van der Waals surface area contributed by atoms with Gasteiger partial charge in [-0.1, -0.05) is 0 Å². The summed E-state index contributed by atoms with van der Waals surface area (Å²) in [6, 6.07) is 4.97. The number of halogens is 3. The van der Waals surface area contributed by atoms with Crippen molar-refractivity contribution in [1.82, 2.24) is 10.3 Å². The third-order valence-electron chi connectivity index (χ3n) is 7.03. The van der Waals surface area contributed by atoms with E-state index in [-0.39, 0.29) is 43.0 Å². The van der Waals surface area contributed by atoms with Crippen molar-refractivity contribution < 1.29 is 31.5 Å². The Morgan fingerprint density at radius 3 is 2.30 bits per heavy atom. The van der Waals surface area contributed by atoms with E-state index >= 15 is 0 Å². The van der Waals surface area contributed by atoms with E-state index in [0.717, 1.165) is 22.6 Å². The van der Waals surface area contributed by atoms with Crippen LogP contribution in [0.3, 0.4) is 0 Å². The molecular formula is C21H25F3N4O4S. The molecule has 0 radical (unpaired) electrons. The van der Waals surface area contributed by atoms with Crippen LogP contribution in [0.2, 0.25) is 0 Å². The standard InChI is InChI=1S/C21H25F3N4O4S/c22-21(23,24)15-1-2-17(28(33(30)31)27-9-11-32-12-10-27)16(13-15)18(29)26-20-6-3-19(14-25,4-7-20)5-8-20/h1-2,13H,3-12H2,(H,26,29)(H,30,31). The number of nitrogens with zero attached hydrogens (tertiary/aromatic N) is 3. The van der Waals surface area contributed by atoms with E-state index in [1.54, 1.807) is 0 Å². The highest BCUT2D eigenvalue weighted by Gasteiger charge is 2.50. The van der Waals surface area contributed by atoms with Crippen LogP contribution in [0, 0.1) is 16.7 Å². The molecular weight excluding hydrogens is 461 g/mol. The summed E-state index contributed by atoms with van der Waals surface area (Å²) in [5.74, 6) is -0.730. The molecule has 1 aromatic rings. The number of morpholine rings is 1. The number of hydrogen-bond donors (Lipinski definition) is 2. The summed E-state index contributed by atoms with van der Waals surface area (Å²) in [5, 5.41) is 13.9. The second kappa shape index (κ2) is 8.87. The van der Waals surface area contributed by atoms with Crippen molar-refractivity contribution in [2.45, 2.75) is 50.2 Å². The van der Waals surface area contributed by atoms with Gasteiger partial charge in [0.25, 0.3) is 17.2 Å². The SMILES string of the molecule is N#CC12CCC(NC(=O)c3cc(C(F)(F)F)ccc3N(N3CCOCC3)S(=O)O)(CC1)CC2. The lowest BCUT2D eigenvalue weighted by Crippen LogP contribution is -2.56. The highest BCUT2D eigenvalue weighted by atomic mass is 32.2. The lowest BCUT2D eigenvalue weighted by molar-refractivity contribution is -0.137. The fraction of sp³-hybridized carbons (Fsp3) is 0.619. The van der Waals surface area contributed by atoms with Crippen molar-refractivity contribution >= 4 is 22.9 Å². The van der Waals surface area contributed by atoms with Gasteiger partial charge in [0.2, 0.25) is 0 Å². The van der Waals surface area contributed by atoms with Crippen molar-refractivity contribution in [3.8, 4) is 6.07 Å². The first kappa shape index (κ1) is 23.9. The van der Waals surface area contributed by atoms with Crippen LogP contribution in [0.15, 0.2) is 18.2 Å². The van der Waals surface area contributed by atoms with Crippen LogP contribution in [0.1, 0.15) is 54.4 Å². The Labute approximate surface area is 192 Å². The number of anilines is 1. The summed E-state index contributed by atoms with van der Waals surface area (Å²) in [4.78, 5) is 13.4. The lowest BCUT2D eigenvalue weighted by atomic mass is 9.58. The minimum atomic E-state index is -4.68. The van der Waals surface area contributed by atoms with E-state index in [1.165, 1.54) is 5.01 Å². The number of carbonyl (C=O) groups is 1. The molecule has 0 spiro atoms. The van der Waals surface area contributed by atoms with E-state index in [4.69, 9.17) is 4.74 Å². The number of fused-ring (bicyclic) bond motifs is 3. The molecule has 1 atom stereocenters. The summed E-state index contributed by atoms with van der Waals surface area (Å²) in [6.45, 7) is 1.04. The van der Waals surface area contributed by atoms with Gasteiger partial charge in [0.05, 0.1) is 41.5 Å². The maximum absolute atomic E-state index is 13.5. The van der Waals surface area contributed by atoms with Crippen LogP contribution < -0.4 is 9.73 Å². The van der Waals surface area contributed by atoms with E-state index in [9.17, 15) is 32.0 Å². The molecule has 1 unspecified atom stereocenters. The number of amides is 1. The zero-order chi connectivity index (χ0) is 23.9. The third kappa shape index (κ3) is 4.73. The van der Waals surface area contributed by atoms with Gasteiger partial charge in [0.15, 0.2) is 0 Å². The van der Waals surface area contributed by atoms with E-state index in [0.29, 0.717) is 38.5 Å². The highest BCUT2D eigenvalue weighted by molar-refractivity contribution is 7.80. The van der Waals surface area contributed by atoms with Gasteiger partial charge in [-0.3, -0.25) is 9.35 Å². The molecule has 1 aliphatic heterocycles. The number of alkyl halides is 3. The third-order valence-corrected chi connectivity index (χ3v) is 7.75. The molecule has 2 N–H and O–H groups in total. The lowest BCUT2D eigenvalue weighted by Gasteiger charge is -2.50. The fourth-order valence-electron chi connectivity index (χ4n) is 4.98. The molecule has 1 saturated heterocycles. The van der Waals surface area contributed by atoms with Gasteiger partial charge >= 0.3 is 6.18 Å². The van der Waals surface area contributed by atoms with Crippen LogP contribution in [-0.4, -0.2) is 51.5 Å². The maximum Gasteiger partial charge on any atom is 0.416 e. The van der Waals surface area contributed by atoms with Gasteiger partial charge in [0, 0.05) is 18.6 Å². The van der Waals surface area contributed by atoms with Crippen molar-refractivity contribution in [3.63, 3.8) is 0 Å². The number of ether oxygens (including phenoxy) is 1. The Bertz CT molecular complexity index is 966. The van der Waals surface area contributed by atoms with Crippen LogP contribution in [0.5, 0.6) is 0 Å². The Morgan fingerprint density at radius 1 is 1.18 bits per heavy atom. The van der Waals surface area contributed by atoms with Gasteiger partial charge in [-0.25, -0.2) is 9.22 Å². The Morgan fingerprint density at radius 2 is 1.79 bits per heavy atom. The molecule has 5 rings (SSSR count). The molecule has 180 valence electrons. The van der Waals surface area contributed by atoms with E-state index in [2.05, 4.69) is 11.4 Å². The second-order valence-corrected chi connectivity index (χ2v) is 9.73. The monoisotopic (exact) mass is 486 g/mol. The predicted molar refractivity (Wildman–Crippen MR) is 113 cm³/mol. The second-order valence-electron chi connectivity index (χ2n) is 8.93. The smallest absolute Gasteiger partial charge is 0.379 e. The Balaban J connectivity index is 1.68. The number of hydrazine groups is 1. The van der Waals surface area contributed by atoms with E-state index < -0.39 is 34.5 Å². The fourth-order valence-corrected chi connectivity index (χ4v) is 5.67. The van der Waals surface area contributed by atoms with Crippen LogP contribution in [0.25, 0.3) is 0 Å². The van der Waals surface area contributed by atoms with Crippen LogP contribution in [0.4, 0.5) is 18.9 Å². The molecule has 4 fully saturated rings. The van der Waals surface area contributed by atoms with Gasteiger partial charge in [-0.15, -0.1) is 0 Å². The average molecular weight is 487 g/mol. The number of benzene rings is 1.